The average molecular weight is 334 g/mol. The zero-order valence-electron chi connectivity index (χ0n) is 14.0. The molecule has 1 aromatic carbocycles. The molecule has 0 aliphatic heterocycles. The van der Waals surface area contributed by atoms with Gasteiger partial charge in [0, 0.05) is 18.7 Å². The highest BCUT2D eigenvalue weighted by Gasteiger charge is 2.17. The summed E-state index contributed by atoms with van der Waals surface area (Å²) < 4.78 is 5.13. The number of carbonyl (C=O) groups is 1. The third-order valence-electron chi connectivity index (χ3n) is 3.78. The molecule has 1 heterocycles. The zero-order chi connectivity index (χ0) is 17.9. The Kier molecular flexibility index (Phi) is 5.46. The number of phenolic OH excluding ortho intramolecular Hbond substituents is 2. The molecule has 130 valence electrons. The monoisotopic (exact) mass is 334 g/mol. The molecule has 0 spiro atoms. The van der Waals surface area contributed by atoms with Gasteiger partial charge >= 0.3 is 5.63 Å². The van der Waals surface area contributed by atoms with Crippen LogP contribution in [-0.2, 0) is 11.2 Å². The summed E-state index contributed by atoms with van der Waals surface area (Å²) in [6.45, 7) is 3.02. The summed E-state index contributed by atoms with van der Waals surface area (Å²) in [6, 6.07) is 2.43. The number of aromatic hydroxyl groups is 2. The van der Waals surface area contributed by atoms with Crippen LogP contribution >= 0.6 is 0 Å². The summed E-state index contributed by atoms with van der Waals surface area (Å²) in [5.74, 6) is -0.672. The van der Waals surface area contributed by atoms with Gasteiger partial charge in [-0.05, 0) is 39.5 Å². The highest BCUT2D eigenvalue weighted by molar-refractivity contribution is 5.89. The van der Waals surface area contributed by atoms with Crippen molar-refractivity contribution in [2.45, 2.75) is 19.8 Å². The van der Waals surface area contributed by atoms with Crippen LogP contribution < -0.4 is 10.9 Å². The van der Waals surface area contributed by atoms with Gasteiger partial charge in [0.15, 0.2) is 0 Å². The number of nitrogens with zero attached hydrogens (tertiary/aromatic N) is 1. The van der Waals surface area contributed by atoms with Crippen molar-refractivity contribution in [2.75, 3.05) is 27.2 Å². The summed E-state index contributed by atoms with van der Waals surface area (Å²) in [5.41, 5.74) is 0.120. The minimum atomic E-state index is -0.645. The van der Waals surface area contributed by atoms with E-state index in [1.807, 2.05) is 19.0 Å². The van der Waals surface area contributed by atoms with Crippen LogP contribution in [0, 0.1) is 6.92 Å². The molecule has 0 unspecified atom stereocenters. The molecule has 0 aliphatic carbocycles. The lowest BCUT2D eigenvalue weighted by Gasteiger charge is -2.11. The quantitative estimate of drug-likeness (QED) is 0.540. The Bertz CT molecular complexity index is 811. The second kappa shape index (κ2) is 7.35. The highest BCUT2D eigenvalue weighted by Crippen LogP contribution is 2.32. The normalized spacial score (nSPS) is 11.2. The van der Waals surface area contributed by atoms with Crippen LogP contribution in [0.25, 0.3) is 11.0 Å². The minimum absolute atomic E-state index is 0.0881. The van der Waals surface area contributed by atoms with Crippen LogP contribution in [0.15, 0.2) is 21.3 Å². The van der Waals surface area contributed by atoms with Gasteiger partial charge in [0.25, 0.3) is 0 Å². The lowest BCUT2D eigenvalue weighted by Crippen LogP contribution is -2.30. The van der Waals surface area contributed by atoms with Gasteiger partial charge in [-0.3, -0.25) is 4.79 Å². The number of carbonyl (C=O) groups excluding carboxylic acids is 1. The molecule has 0 fully saturated rings. The van der Waals surface area contributed by atoms with E-state index < -0.39 is 5.63 Å². The summed E-state index contributed by atoms with van der Waals surface area (Å²) in [5, 5.41) is 22.5. The van der Waals surface area contributed by atoms with E-state index in [1.54, 1.807) is 6.92 Å². The number of benzene rings is 1. The zero-order valence-corrected chi connectivity index (χ0v) is 14.0. The first kappa shape index (κ1) is 17.8. The number of hydrogen-bond donors (Lipinski definition) is 3. The molecule has 2 aromatic rings. The van der Waals surface area contributed by atoms with E-state index in [4.69, 9.17) is 4.42 Å². The highest BCUT2D eigenvalue weighted by atomic mass is 16.4. The lowest BCUT2D eigenvalue weighted by molar-refractivity contribution is -0.120. The second-order valence-corrected chi connectivity index (χ2v) is 6.01. The molecule has 1 amide bonds. The third kappa shape index (κ3) is 4.05. The number of nitrogens with one attached hydrogen (secondary N) is 1. The van der Waals surface area contributed by atoms with Gasteiger partial charge in [0.1, 0.15) is 17.1 Å². The predicted octanol–water partition coefficient (Wildman–Crippen LogP) is 1.12. The van der Waals surface area contributed by atoms with E-state index in [0.717, 1.165) is 13.0 Å². The van der Waals surface area contributed by atoms with Crippen LogP contribution in [0.3, 0.4) is 0 Å². The Balaban J connectivity index is 2.20. The fraction of sp³-hybridized carbons (Fsp3) is 0.412. The van der Waals surface area contributed by atoms with Gasteiger partial charge in [0.2, 0.25) is 5.91 Å². The van der Waals surface area contributed by atoms with E-state index in [2.05, 4.69) is 5.32 Å². The van der Waals surface area contributed by atoms with Crippen molar-refractivity contribution in [3.8, 4) is 11.5 Å². The number of hydrogen-bond acceptors (Lipinski definition) is 6. The summed E-state index contributed by atoms with van der Waals surface area (Å²) in [6.07, 6.45) is 0.691. The van der Waals surface area contributed by atoms with E-state index in [9.17, 15) is 19.8 Å². The standard InChI is InChI=1S/C17H22N2O5/c1-10-12(9-15(22)18-5-4-6-19(2)3)17(23)24-14-8-11(20)7-13(21)16(10)14/h7-8,20-21H,4-6,9H2,1-3H3,(H,18,22). The fourth-order valence-electron chi connectivity index (χ4n) is 2.56. The van der Waals surface area contributed by atoms with Crippen molar-refractivity contribution in [2.24, 2.45) is 0 Å². The molecule has 7 heteroatoms. The second-order valence-electron chi connectivity index (χ2n) is 6.01. The first-order chi connectivity index (χ1) is 11.3. The van der Waals surface area contributed by atoms with Gasteiger partial charge in [-0.25, -0.2) is 4.79 Å². The van der Waals surface area contributed by atoms with Crippen LogP contribution in [0.5, 0.6) is 11.5 Å². The molecule has 24 heavy (non-hydrogen) atoms. The van der Waals surface area contributed by atoms with Crippen molar-refractivity contribution in [1.29, 1.82) is 0 Å². The van der Waals surface area contributed by atoms with Gasteiger partial charge in [-0.1, -0.05) is 0 Å². The molecule has 0 bridgehead atoms. The SMILES string of the molecule is Cc1c(CC(=O)NCCCN(C)C)c(=O)oc2cc(O)cc(O)c12. The van der Waals surface area contributed by atoms with Gasteiger partial charge in [-0.15, -0.1) is 0 Å². The number of amides is 1. The van der Waals surface area contributed by atoms with Crippen molar-refractivity contribution in [3.05, 3.63) is 33.7 Å². The van der Waals surface area contributed by atoms with Crippen molar-refractivity contribution in [1.82, 2.24) is 10.2 Å². The van der Waals surface area contributed by atoms with Crippen molar-refractivity contribution < 1.29 is 19.4 Å². The maximum Gasteiger partial charge on any atom is 0.340 e. The van der Waals surface area contributed by atoms with E-state index in [1.165, 1.54) is 12.1 Å². The molecular formula is C17H22N2O5. The number of aryl methyl sites for hydroxylation is 1. The van der Waals surface area contributed by atoms with E-state index >= 15 is 0 Å². The third-order valence-corrected chi connectivity index (χ3v) is 3.78. The van der Waals surface area contributed by atoms with E-state index in [0.29, 0.717) is 17.5 Å². The van der Waals surface area contributed by atoms with Crippen LogP contribution in [0.2, 0.25) is 0 Å². The van der Waals surface area contributed by atoms with Crippen LogP contribution in [0.1, 0.15) is 17.5 Å². The number of rotatable bonds is 6. The summed E-state index contributed by atoms with van der Waals surface area (Å²) >= 11 is 0. The topological polar surface area (TPSA) is 103 Å². The summed E-state index contributed by atoms with van der Waals surface area (Å²) in [7, 11) is 3.91. The molecule has 0 atom stereocenters. The van der Waals surface area contributed by atoms with Crippen molar-refractivity contribution in [3.63, 3.8) is 0 Å². The molecule has 3 N–H and O–H groups in total. The van der Waals surface area contributed by atoms with E-state index in [-0.39, 0.29) is 35.0 Å². The van der Waals surface area contributed by atoms with Gasteiger partial charge in [-0.2, -0.15) is 0 Å². The number of phenols is 2. The Labute approximate surface area is 139 Å². The van der Waals surface area contributed by atoms with Gasteiger partial charge in [0.05, 0.1) is 17.4 Å². The Morgan fingerprint density at radius 3 is 2.67 bits per heavy atom. The molecule has 0 saturated carbocycles. The first-order valence-electron chi connectivity index (χ1n) is 7.69. The molecule has 1 aromatic heterocycles. The first-order valence-corrected chi connectivity index (χ1v) is 7.69. The molecule has 0 radical (unpaired) electrons. The Morgan fingerprint density at radius 2 is 2.00 bits per heavy atom. The Hall–Kier alpha value is -2.54. The maximum absolute atomic E-state index is 12.1. The molecule has 0 saturated heterocycles. The van der Waals surface area contributed by atoms with Crippen LogP contribution in [0.4, 0.5) is 0 Å². The predicted molar refractivity (Wildman–Crippen MR) is 90.4 cm³/mol. The Morgan fingerprint density at radius 1 is 1.29 bits per heavy atom. The smallest absolute Gasteiger partial charge is 0.340 e. The largest absolute Gasteiger partial charge is 0.508 e. The molecule has 0 aliphatic rings. The molecule has 7 nitrogen and oxygen atoms in total. The average Bonchev–Trinajstić information content (AvgIpc) is 2.46. The lowest BCUT2D eigenvalue weighted by atomic mass is 10.0. The van der Waals surface area contributed by atoms with Gasteiger partial charge < -0.3 is 24.8 Å². The summed E-state index contributed by atoms with van der Waals surface area (Å²) in [4.78, 5) is 26.2. The molecule has 2 rings (SSSR count). The van der Waals surface area contributed by atoms with Crippen LogP contribution in [-0.4, -0.2) is 48.2 Å². The maximum atomic E-state index is 12.1. The number of fused-ring (bicyclic) bond motifs is 1. The van der Waals surface area contributed by atoms with Crippen molar-refractivity contribution >= 4 is 16.9 Å². The minimum Gasteiger partial charge on any atom is -0.508 e. The fourth-order valence-corrected chi connectivity index (χ4v) is 2.56. The molecular weight excluding hydrogens is 312 g/mol.